The quantitative estimate of drug-likeness (QED) is 0.646. The van der Waals surface area contributed by atoms with Crippen molar-refractivity contribution in [2.45, 2.75) is 4.90 Å². The minimum absolute atomic E-state index is 0.184. The topological polar surface area (TPSA) is 55.1 Å². The summed E-state index contributed by atoms with van der Waals surface area (Å²) in [4.78, 5) is 12.8. The molecule has 2 aromatic carbocycles. The molecule has 3 nitrogen and oxygen atoms in total. The second kappa shape index (κ2) is 6.76. The molecule has 20 heavy (non-hydrogen) atoms. The van der Waals surface area contributed by atoms with Crippen LogP contribution in [0.5, 0.6) is 0 Å². The number of hydrogen-bond donors (Lipinski definition) is 2. The number of amides is 1. The number of hydrogen-bond acceptors (Lipinski definition) is 3. The van der Waals surface area contributed by atoms with Gasteiger partial charge < -0.3 is 11.1 Å². The molecule has 104 valence electrons. The SMILES string of the molecule is Nc1cc(F)ccc1NC(=O)CSc1ccc(Br)cc1. The first-order valence-electron chi connectivity index (χ1n) is 5.78. The van der Waals surface area contributed by atoms with E-state index in [1.165, 1.54) is 30.0 Å². The number of carbonyl (C=O) groups is 1. The molecule has 1 amide bonds. The van der Waals surface area contributed by atoms with Gasteiger partial charge in [-0.2, -0.15) is 0 Å². The zero-order chi connectivity index (χ0) is 14.5. The summed E-state index contributed by atoms with van der Waals surface area (Å²) >= 11 is 4.77. The fourth-order valence-corrected chi connectivity index (χ4v) is 2.48. The monoisotopic (exact) mass is 354 g/mol. The molecule has 2 rings (SSSR count). The Morgan fingerprint density at radius 1 is 1.25 bits per heavy atom. The van der Waals surface area contributed by atoms with Crippen LogP contribution < -0.4 is 11.1 Å². The predicted octanol–water partition coefficient (Wildman–Crippen LogP) is 3.90. The lowest BCUT2D eigenvalue weighted by Gasteiger charge is -2.08. The average Bonchev–Trinajstić information content (AvgIpc) is 2.41. The number of halogens is 2. The van der Waals surface area contributed by atoms with Gasteiger partial charge in [0.2, 0.25) is 5.91 Å². The van der Waals surface area contributed by atoms with Crippen LogP contribution in [0.25, 0.3) is 0 Å². The highest BCUT2D eigenvalue weighted by Crippen LogP contribution is 2.22. The molecule has 0 saturated carbocycles. The van der Waals surface area contributed by atoms with Gasteiger partial charge in [-0.1, -0.05) is 15.9 Å². The van der Waals surface area contributed by atoms with E-state index >= 15 is 0 Å². The van der Waals surface area contributed by atoms with Gasteiger partial charge in [-0.25, -0.2) is 4.39 Å². The van der Waals surface area contributed by atoms with Crippen LogP contribution in [-0.4, -0.2) is 11.7 Å². The maximum atomic E-state index is 12.9. The van der Waals surface area contributed by atoms with Crippen molar-refractivity contribution in [3.8, 4) is 0 Å². The lowest BCUT2D eigenvalue weighted by molar-refractivity contribution is -0.113. The zero-order valence-electron chi connectivity index (χ0n) is 10.4. The number of benzene rings is 2. The molecule has 0 bridgehead atoms. The molecule has 2 aromatic rings. The summed E-state index contributed by atoms with van der Waals surface area (Å²) in [5.41, 5.74) is 6.27. The van der Waals surface area contributed by atoms with E-state index in [9.17, 15) is 9.18 Å². The van der Waals surface area contributed by atoms with Gasteiger partial charge in [0.1, 0.15) is 5.82 Å². The smallest absolute Gasteiger partial charge is 0.234 e. The van der Waals surface area contributed by atoms with E-state index in [4.69, 9.17) is 5.73 Å². The number of carbonyl (C=O) groups excluding carboxylic acids is 1. The summed E-state index contributed by atoms with van der Waals surface area (Å²) in [5.74, 6) is -0.348. The van der Waals surface area contributed by atoms with Crippen molar-refractivity contribution in [1.82, 2.24) is 0 Å². The normalized spacial score (nSPS) is 10.3. The van der Waals surface area contributed by atoms with Crippen molar-refractivity contribution in [3.63, 3.8) is 0 Å². The number of anilines is 2. The Kier molecular flexibility index (Phi) is 5.03. The molecular weight excluding hydrogens is 343 g/mol. The number of nitrogen functional groups attached to an aromatic ring is 1. The maximum Gasteiger partial charge on any atom is 0.234 e. The fraction of sp³-hybridized carbons (Fsp3) is 0.0714. The Morgan fingerprint density at radius 2 is 1.95 bits per heavy atom. The summed E-state index contributed by atoms with van der Waals surface area (Å²) in [6.45, 7) is 0. The molecule has 0 aliphatic rings. The minimum Gasteiger partial charge on any atom is -0.397 e. The summed E-state index contributed by atoms with van der Waals surface area (Å²) in [7, 11) is 0. The van der Waals surface area contributed by atoms with Crippen molar-refractivity contribution in [2.24, 2.45) is 0 Å². The Labute approximate surface area is 128 Å². The molecule has 0 aliphatic carbocycles. The first-order valence-corrected chi connectivity index (χ1v) is 7.56. The molecule has 0 aromatic heterocycles. The highest BCUT2D eigenvalue weighted by atomic mass is 79.9. The van der Waals surface area contributed by atoms with E-state index in [0.29, 0.717) is 5.69 Å². The Balaban J connectivity index is 1.90. The van der Waals surface area contributed by atoms with Crippen molar-refractivity contribution in [1.29, 1.82) is 0 Å². The van der Waals surface area contributed by atoms with E-state index in [2.05, 4.69) is 21.2 Å². The molecule has 0 aliphatic heterocycles. The molecule has 0 radical (unpaired) electrons. The minimum atomic E-state index is -0.426. The maximum absolute atomic E-state index is 12.9. The van der Waals surface area contributed by atoms with E-state index in [1.807, 2.05) is 24.3 Å². The van der Waals surface area contributed by atoms with Crippen molar-refractivity contribution in [3.05, 3.63) is 52.8 Å². The highest BCUT2D eigenvalue weighted by Gasteiger charge is 2.07. The average molecular weight is 355 g/mol. The largest absolute Gasteiger partial charge is 0.397 e. The third kappa shape index (κ3) is 4.25. The third-order valence-electron chi connectivity index (χ3n) is 2.47. The first-order chi connectivity index (χ1) is 9.54. The van der Waals surface area contributed by atoms with Crippen LogP contribution in [0.2, 0.25) is 0 Å². The molecule has 6 heteroatoms. The lowest BCUT2D eigenvalue weighted by Crippen LogP contribution is -2.15. The lowest BCUT2D eigenvalue weighted by atomic mass is 10.2. The summed E-state index contributed by atoms with van der Waals surface area (Å²) in [5, 5.41) is 2.66. The standard InChI is InChI=1S/C14H12BrFN2OS/c15-9-1-4-11(5-2-9)20-8-14(19)18-13-6-3-10(16)7-12(13)17/h1-7H,8,17H2,(H,18,19). The van der Waals surface area contributed by atoms with Crippen LogP contribution in [0.4, 0.5) is 15.8 Å². The van der Waals surface area contributed by atoms with E-state index in [-0.39, 0.29) is 17.3 Å². The van der Waals surface area contributed by atoms with Crippen molar-refractivity contribution >= 4 is 45.0 Å². The van der Waals surface area contributed by atoms with Gasteiger partial charge in [0, 0.05) is 9.37 Å². The van der Waals surface area contributed by atoms with E-state index in [0.717, 1.165) is 9.37 Å². The summed E-state index contributed by atoms with van der Waals surface area (Å²) in [6.07, 6.45) is 0. The van der Waals surface area contributed by atoms with Crippen LogP contribution in [0.3, 0.4) is 0 Å². The second-order valence-electron chi connectivity index (χ2n) is 4.02. The molecule has 0 spiro atoms. The molecule has 0 heterocycles. The van der Waals surface area contributed by atoms with Crippen LogP contribution in [0, 0.1) is 5.82 Å². The summed E-state index contributed by atoms with van der Waals surface area (Å²) < 4.78 is 13.9. The van der Waals surface area contributed by atoms with Gasteiger partial charge in [-0.05, 0) is 42.5 Å². The van der Waals surface area contributed by atoms with Crippen LogP contribution in [0.15, 0.2) is 51.8 Å². The Hall–Kier alpha value is -1.53. The summed E-state index contributed by atoms with van der Waals surface area (Å²) in [6, 6.07) is 11.6. The molecule has 0 fully saturated rings. The van der Waals surface area contributed by atoms with Crippen LogP contribution in [-0.2, 0) is 4.79 Å². The molecular formula is C14H12BrFN2OS. The number of rotatable bonds is 4. The third-order valence-corrected chi connectivity index (χ3v) is 4.01. The molecule has 0 unspecified atom stereocenters. The molecule has 3 N–H and O–H groups in total. The van der Waals surface area contributed by atoms with Crippen molar-refractivity contribution in [2.75, 3.05) is 16.8 Å². The number of nitrogens with one attached hydrogen (secondary N) is 1. The molecule has 0 saturated heterocycles. The van der Waals surface area contributed by atoms with Gasteiger partial charge in [-0.15, -0.1) is 11.8 Å². The zero-order valence-corrected chi connectivity index (χ0v) is 12.8. The van der Waals surface area contributed by atoms with Gasteiger partial charge in [-0.3, -0.25) is 4.79 Å². The number of thioether (sulfide) groups is 1. The number of nitrogens with two attached hydrogens (primary N) is 1. The van der Waals surface area contributed by atoms with Gasteiger partial charge in [0.15, 0.2) is 0 Å². The van der Waals surface area contributed by atoms with E-state index in [1.54, 1.807) is 0 Å². The Bertz CT molecular complexity index is 619. The van der Waals surface area contributed by atoms with Crippen LogP contribution in [0.1, 0.15) is 0 Å². The van der Waals surface area contributed by atoms with E-state index < -0.39 is 5.82 Å². The second-order valence-corrected chi connectivity index (χ2v) is 5.99. The predicted molar refractivity (Wildman–Crippen MR) is 84.3 cm³/mol. The van der Waals surface area contributed by atoms with Crippen LogP contribution >= 0.6 is 27.7 Å². The van der Waals surface area contributed by atoms with Gasteiger partial charge >= 0.3 is 0 Å². The highest BCUT2D eigenvalue weighted by molar-refractivity contribution is 9.10. The van der Waals surface area contributed by atoms with Crippen molar-refractivity contribution < 1.29 is 9.18 Å². The van der Waals surface area contributed by atoms with Gasteiger partial charge in [0.25, 0.3) is 0 Å². The van der Waals surface area contributed by atoms with Gasteiger partial charge in [0.05, 0.1) is 17.1 Å². The first kappa shape index (κ1) is 14.9. The Morgan fingerprint density at radius 3 is 2.60 bits per heavy atom. The fourth-order valence-electron chi connectivity index (χ4n) is 1.51. The molecule has 0 atom stereocenters.